The van der Waals surface area contributed by atoms with Crippen LogP contribution in [-0.4, -0.2) is 28.7 Å². The van der Waals surface area contributed by atoms with Crippen LogP contribution < -0.4 is 0 Å². The van der Waals surface area contributed by atoms with E-state index in [2.05, 4.69) is 22.0 Å². The molecule has 1 aromatic rings. The van der Waals surface area contributed by atoms with Gasteiger partial charge in [-0.25, -0.2) is 0 Å². The third-order valence-corrected chi connectivity index (χ3v) is 3.87. The monoisotopic (exact) mass is 292 g/mol. The van der Waals surface area contributed by atoms with Crippen molar-refractivity contribution in [3.05, 3.63) is 35.4 Å². The van der Waals surface area contributed by atoms with Crippen molar-refractivity contribution in [2.24, 2.45) is 0 Å². The molecule has 0 unspecified atom stereocenters. The summed E-state index contributed by atoms with van der Waals surface area (Å²) in [6.45, 7) is 1.57. The number of likely N-dealkylation sites (tertiary alicyclic amines) is 1. The number of hydrogen-bond donors (Lipinski definition) is 0. The molecule has 4 heteroatoms. The second kappa shape index (κ2) is 5.33. The highest BCUT2D eigenvalue weighted by molar-refractivity contribution is 9.09. The van der Waals surface area contributed by atoms with Gasteiger partial charge in [-0.1, -0.05) is 22.0 Å². The van der Waals surface area contributed by atoms with Gasteiger partial charge in [-0.3, -0.25) is 4.79 Å². The summed E-state index contributed by atoms with van der Waals surface area (Å²) in [7, 11) is 0. The number of carbonyl (C=O) groups is 1. The van der Waals surface area contributed by atoms with Gasteiger partial charge in [0.2, 0.25) is 0 Å². The lowest BCUT2D eigenvalue weighted by Gasteiger charge is -2.29. The van der Waals surface area contributed by atoms with Gasteiger partial charge in [-0.2, -0.15) is 5.26 Å². The molecule has 1 fully saturated rings. The average Bonchev–Trinajstić information content (AvgIpc) is 2.39. The van der Waals surface area contributed by atoms with E-state index in [9.17, 15) is 4.79 Å². The summed E-state index contributed by atoms with van der Waals surface area (Å²) < 4.78 is 0. The normalized spacial score (nSPS) is 16.6. The number of hydrogen-bond acceptors (Lipinski definition) is 2. The first-order valence-corrected chi connectivity index (χ1v) is 6.56. The van der Waals surface area contributed by atoms with Crippen molar-refractivity contribution in [1.29, 1.82) is 5.26 Å². The van der Waals surface area contributed by atoms with Crippen LogP contribution in [0.5, 0.6) is 0 Å². The van der Waals surface area contributed by atoms with Gasteiger partial charge in [0.05, 0.1) is 11.6 Å². The number of carbonyl (C=O) groups excluding carboxylic acids is 1. The first-order valence-electron chi connectivity index (χ1n) is 5.64. The molecule has 1 saturated heterocycles. The van der Waals surface area contributed by atoms with Crippen LogP contribution >= 0.6 is 15.9 Å². The topological polar surface area (TPSA) is 44.1 Å². The Bertz CT molecular complexity index is 459. The van der Waals surface area contributed by atoms with Crippen LogP contribution in [0.4, 0.5) is 0 Å². The molecule has 1 heterocycles. The molecule has 0 spiro atoms. The number of nitrogens with zero attached hydrogens (tertiary/aromatic N) is 2. The van der Waals surface area contributed by atoms with E-state index < -0.39 is 0 Å². The zero-order valence-electron chi connectivity index (χ0n) is 9.40. The number of alkyl halides is 1. The Hall–Kier alpha value is -1.34. The zero-order chi connectivity index (χ0) is 12.3. The maximum absolute atomic E-state index is 12.2. The predicted molar refractivity (Wildman–Crippen MR) is 69.0 cm³/mol. The van der Waals surface area contributed by atoms with Crippen molar-refractivity contribution in [2.45, 2.75) is 17.7 Å². The predicted octanol–water partition coefficient (Wildman–Crippen LogP) is 2.56. The summed E-state index contributed by atoms with van der Waals surface area (Å²) in [6.07, 6.45) is 1.98. The van der Waals surface area contributed by atoms with Crippen LogP contribution in [0.15, 0.2) is 24.3 Å². The largest absolute Gasteiger partial charge is 0.339 e. The third kappa shape index (κ3) is 2.86. The molecule has 0 N–H and O–H groups in total. The van der Waals surface area contributed by atoms with Crippen molar-refractivity contribution < 1.29 is 4.79 Å². The van der Waals surface area contributed by atoms with Crippen LogP contribution in [0, 0.1) is 11.3 Å². The molecule has 0 aromatic heterocycles. The molecular formula is C13H13BrN2O. The Labute approximate surface area is 109 Å². The molecule has 0 saturated carbocycles. The maximum Gasteiger partial charge on any atom is 0.253 e. The molecule has 0 atom stereocenters. The van der Waals surface area contributed by atoms with Gasteiger partial charge in [0.25, 0.3) is 5.91 Å². The van der Waals surface area contributed by atoms with E-state index in [1.807, 2.05) is 4.90 Å². The van der Waals surface area contributed by atoms with E-state index in [4.69, 9.17) is 5.26 Å². The number of rotatable bonds is 1. The highest BCUT2D eigenvalue weighted by Gasteiger charge is 2.22. The second-order valence-corrected chi connectivity index (χ2v) is 5.45. The minimum atomic E-state index is 0.0292. The summed E-state index contributed by atoms with van der Waals surface area (Å²) in [4.78, 5) is 14.6. The van der Waals surface area contributed by atoms with E-state index in [1.165, 1.54) is 0 Å². The Kier molecular flexibility index (Phi) is 3.80. The lowest BCUT2D eigenvalue weighted by atomic mass is 10.1. The van der Waals surface area contributed by atoms with Crippen molar-refractivity contribution in [3.63, 3.8) is 0 Å². The molecular weight excluding hydrogens is 280 g/mol. The third-order valence-electron chi connectivity index (χ3n) is 2.95. The van der Waals surface area contributed by atoms with E-state index >= 15 is 0 Å². The number of nitriles is 1. The summed E-state index contributed by atoms with van der Waals surface area (Å²) >= 11 is 3.56. The molecule has 88 valence electrons. The Morgan fingerprint density at radius 2 is 2.12 bits per heavy atom. The van der Waals surface area contributed by atoms with Crippen molar-refractivity contribution in [3.8, 4) is 6.07 Å². The van der Waals surface area contributed by atoms with Gasteiger partial charge >= 0.3 is 0 Å². The van der Waals surface area contributed by atoms with Crippen LogP contribution in [0.2, 0.25) is 0 Å². The van der Waals surface area contributed by atoms with Gasteiger partial charge in [-0.15, -0.1) is 0 Å². The van der Waals surface area contributed by atoms with Crippen LogP contribution in [0.25, 0.3) is 0 Å². The minimum Gasteiger partial charge on any atom is -0.339 e. The second-order valence-electron chi connectivity index (χ2n) is 4.16. The molecule has 1 aromatic carbocycles. The molecule has 0 aliphatic carbocycles. The van der Waals surface area contributed by atoms with Crippen molar-refractivity contribution in [1.82, 2.24) is 4.90 Å². The summed E-state index contributed by atoms with van der Waals surface area (Å²) in [5.74, 6) is 0.0292. The lowest BCUT2D eigenvalue weighted by Crippen LogP contribution is -2.38. The maximum atomic E-state index is 12.2. The number of halogens is 1. The fourth-order valence-electron chi connectivity index (χ4n) is 1.96. The average molecular weight is 293 g/mol. The standard InChI is InChI=1S/C13H13BrN2O/c14-12-4-6-16(7-5-12)13(17)11-3-1-2-10(8-11)9-15/h1-3,8,12H,4-7H2. The molecule has 1 amide bonds. The zero-order valence-corrected chi connectivity index (χ0v) is 11.0. The van der Waals surface area contributed by atoms with Crippen molar-refractivity contribution >= 4 is 21.8 Å². The highest BCUT2D eigenvalue weighted by Crippen LogP contribution is 2.19. The quantitative estimate of drug-likeness (QED) is 0.747. The number of benzene rings is 1. The van der Waals surface area contributed by atoms with Gasteiger partial charge < -0.3 is 4.90 Å². The van der Waals surface area contributed by atoms with E-state index in [1.54, 1.807) is 24.3 Å². The van der Waals surface area contributed by atoms with Crippen molar-refractivity contribution in [2.75, 3.05) is 13.1 Å². The smallest absolute Gasteiger partial charge is 0.253 e. The molecule has 1 aliphatic rings. The van der Waals surface area contributed by atoms with E-state index in [0.717, 1.165) is 25.9 Å². The summed E-state index contributed by atoms with van der Waals surface area (Å²) in [6, 6.07) is 8.94. The van der Waals surface area contributed by atoms with Crippen LogP contribution in [-0.2, 0) is 0 Å². The van der Waals surface area contributed by atoms with Gasteiger partial charge in [0, 0.05) is 23.5 Å². The Morgan fingerprint density at radius 1 is 1.41 bits per heavy atom. The van der Waals surface area contributed by atoms with Gasteiger partial charge in [-0.05, 0) is 31.0 Å². The number of amides is 1. The van der Waals surface area contributed by atoms with Crippen LogP contribution in [0.1, 0.15) is 28.8 Å². The fraction of sp³-hybridized carbons (Fsp3) is 0.385. The molecule has 17 heavy (non-hydrogen) atoms. The van der Waals surface area contributed by atoms with E-state index in [-0.39, 0.29) is 5.91 Å². The van der Waals surface area contributed by atoms with E-state index in [0.29, 0.717) is 16.0 Å². The van der Waals surface area contributed by atoms with Gasteiger partial charge in [0.15, 0.2) is 0 Å². The minimum absolute atomic E-state index is 0.0292. The molecule has 3 nitrogen and oxygen atoms in total. The highest BCUT2D eigenvalue weighted by atomic mass is 79.9. The lowest BCUT2D eigenvalue weighted by molar-refractivity contribution is 0.0728. The Balaban J connectivity index is 2.11. The SMILES string of the molecule is N#Cc1cccc(C(=O)N2CCC(Br)CC2)c1. The molecule has 1 aliphatic heterocycles. The first-order chi connectivity index (χ1) is 8.20. The van der Waals surface area contributed by atoms with Gasteiger partial charge in [0.1, 0.15) is 0 Å². The summed E-state index contributed by atoms with van der Waals surface area (Å²) in [5, 5.41) is 8.81. The first kappa shape index (κ1) is 12.1. The van der Waals surface area contributed by atoms with Crippen LogP contribution in [0.3, 0.4) is 0 Å². The summed E-state index contributed by atoms with van der Waals surface area (Å²) in [5.41, 5.74) is 1.14. The fourth-order valence-corrected chi connectivity index (χ4v) is 2.36. The Morgan fingerprint density at radius 3 is 2.76 bits per heavy atom. The molecule has 0 radical (unpaired) electrons. The molecule has 2 rings (SSSR count). The molecule has 0 bridgehead atoms. The number of piperidine rings is 1.